The van der Waals surface area contributed by atoms with Gasteiger partial charge in [0.1, 0.15) is 12.6 Å². The van der Waals surface area contributed by atoms with Gasteiger partial charge in [0, 0.05) is 18.0 Å². The van der Waals surface area contributed by atoms with Gasteiger partial charge in [0.25, 0.3) is 5.91 Å². The van der Waals surface area contributed by atoms with E-state index in [1.54, 1.807) is 11.1 Å². The highest BCUT2D eigenvalue weighted by molar-refractivity contribution is 5.84. The van der Waals surface area contributed by atoms with Crippen molar-refractivity contribution in [1.82, 2.24) is 25.5 Å². The van der Waals surface area contributed by atoms with Crippen LogP contribution in [0.2, 0.25) is 0 Å². The number of benzene rings is 2. The van der Waals surface area contributed by atoms with E-state index >= 15 is 0 Å². The number of carbonyl (C=O) groups is 1. The van der Waals surface area contributed by atoms with Crippen LogP contribution in [0.25, 0.3) is 11.4 Å². The molecule has 2 aromatic carbocycles. The van der Waals surface area contributed by atoms with E-state index in [2.05, 4.69) is 47.6 Å². The molecule has 2 aliphatic rings. The SMILES string of the molecule is Cc1ccc(C2CC3C(=O)N(Cc4nc(-c5ccccc5C)no4)C=CN3N2)cc1C. The van der Waals surface area contributed by atoms with E-state index in [-0.39, 0.29) is 24.5 Å². The second kappa shape index (κ2) is 7.67. The Balaban J connectivity index is 1.30. The van der Waals surface area contributed by atoms with Gasteiger partial charge in [0.15, 0.2) is 0 Å². The number of hydrogen-bond donors (Lipinski definition) is 1. The van der Waals surface area contributed by atoms with E-state index in [4.69, 9.17) is 4.52 Å². The van der Waals surface area contributed by atoms with Crippen LogP contribution in [0.5, 0.6) is 0 Å². The first-order chi connectivity index (χ1) is 15.0. The zero-order valence-electron chi connectivity index (χ0n) is 17.9. The second-order valence-corrected chi connectivity index (χ2v) is 8.28. The summed E-state index contributed by atoms with van der Waals surface area (Å²) in [6.07, 6.45) is 4.39. The number of hydrogen-bond acceptors (Lipinski definition) is 6. The van der Waals surface area contributed by atoms with Crippen LogP contribution in [0, 0.1) is 20.8 Å². The van der Waals surface area contributed by atoms with Crippen molar-refractivity contribution in [2.75, 3.05) is 0 Å². The zero-order valence-corrected chi connectivity index (χ0v) is 17.9. The van der Waals surface area contributed by atoms with Crippen molar-refractivity contribution in [3.8, 4) is 11.4 Å². The van der Waals surface area contributed by atoms with Crippen LogP contribution in [-0.2, 0) is 11.3 Å². The average Bonchev–Trinajstić information content (AvgIpc) is 3.40. The van der Waals surface area contributed by atoms with E-state index in [0.717, 1.165) is 11.1 Å². The number of carbonyl (C=O) groups excluding carboxylic acids is 1. The lowest BCUT2D eigenvalue weighted by Gasteiger charge is -2.30. The summed E-state index contributed by atoms with van der Waals surface area (Å²) < 4.78 is 5.43. The molecule has 7 heteroatoms. The van der Waals surface area contributed by atoms with E-state index in [1.807, 2.05) is 42.4 Å². The fourth-order valence-electron chi connectivity index (χ4n) is 4.16. The van der Waals surface area contributed by atoms with Crippen LogP contribution in [0.15, 0.2) is 59.4 Å². The molecule has 0 bridgehead atoms. The van der Waals surface area contributed by atoms with Crippen molar-refractivity contribution in [2.24, 2.45) is 0 Å². The first-order valence-electron chi connectivity index (χ1n) is 10.5. The molecule has 0 saturated carbocycles. The average molecular weight is 415 g/mol. The van der Waals surface area contributed by atoms with E-state index in [9.17, 15) is 4.79 Å². The maximum Gasteiger partial charge on any atom is 0.251 e. The van der Waals surface area contributed by atoms with Crippen LogP contribution < -0.4 is 5.43 Å². The Labute approximate surface area is 181 Å². The van der Waals surface area contributed by atoms with Gasteiger partial charge in [0.2, 0.25) is 11.7 Å². The molecule has 3 heterocycles. The molecule has 2 aliphatic heterocycles. The normalized spacial score (nSPS) is 20.4. The molecule has 158 valence electrons. The van der Waals surface area contributed by atoms with Crippen LogP contribution in [0.4, 0.5) is 0 Å². The van der Waals surface area contributed by atoms with Crippen LogP contribution in [-0.4, -0.2) is 32.0 Å². The van der Waals surface area contributed by atoms with Gasteiger partial charge >= 0.3 is 0 Å². The Kier molecular flexibility index (Phi) is 4.82. The van der Waals surface area contributed by atoms with Gasteiger partial charge in [-0.1, -0.05) is 47.6 Å². The van der Waals surface area contributed by atoms with Gasteiger partial charge in [-0.05, 0) is 49.4 Å². The Bertz CT molecular complexity index is 1170. The van der Waals surface area contributed by atoms with Gasteiger partial charge in [-0.3, -0.25) is 4.79 Å². The fourth-order valence-corrected chi connectivity index (χ4v) is 4.16. The molecule has 1 amide bonds. The molecule has 3 aromatic rings. The first-order valence-corrected chi connectivity index (χ1v) is 10.5. The van der Waals surface area contributed by atoms with Crippen LogP contribution in [0.3, 0.4) is 0 Å². The lowest BCUT2D eigenvalue weighted by Crippen LogP contribution is -2.47. The molecule has 0 radical (unpaired) electrons. The summed E-state index contributed by atoms with van der Waals surface area (Å²) in [5.74, 6) is 0.985. The van der Waals surface area contributed by atoms with Crippen LogP contribution in [0.1, 0.15) is 40.6 Å². The minimum atomic E-state index is -0.254. The summed E-state index contributed by atoms with van der Waals surface area (Å²) in [6, 6.07) is 14.2. The monoisotopic (exact) mass is 415 g/mol. The summed E-state index contributed by atoms with van der Waals surface area (Å²) in [5, 5.41) is 6.01. The number of amides is 1. The molecular weight excluding hydrogens is 390 g/mol. The standard InChI is InChI=1S/C24H25N5O2/c1-15-8-9-18(12-17(15)3)20-13-21-24(30)28(10-11-29(21)26-20)14-22-25-23(27-31-22)19-7-5-4-6-16(19)2/h4-12,20-21,26H,13-14H2,1-3H3. The molecule has 2 unspecified atom stereocenters. The number of nitrogens with zero attached hydrogens (tertiary/aromatic N) is 4. The lowest BCUT2D eigenvalue weighted by molar-refractivity contribution is -0.135. The molecule has 0 spiro atoms. The molecular formula is C24H25N5O2. The molecule has 1 saturated heterocycles. The minimum Gasteiger partial charge on any atom is -0.337 e. The predicted octanol–water partition coefficient (Wildman–Crippen LogP) is 3.80. The number of rotatable bonds is 4. The molecule has 1 fully saturated rings. The van der Waals surface area contributed by atoms with Crippen molar-refractivity contribution < 1.29 is 9.32 Å². The summed E-state index contributed by atoms with van der Waals surface area (Å²) in [5.41, 5.74) is 9.19. The van der Waals surface area contributed by atoms with Crippen molar-refractivity contribution in [3.05, 3.63) is 83.0 Å². The molecule has 7 nitrogen and oxygen atoms in total. The van der Waals surface area contributed by atoms with Crippen molar-refractivity contribution in [2.45, 2.75) is 45.8 Å². The quantitative estimate of drug-likeness (QED) is 0.699. The van der Waals surface area contributed by atoms with Gasteiger partial charge in [-0.2, -0.15) is 4.98 Å². The maximum absolute atomic E-state index is 13.1. The van der Waals surface area contributed by atoms with E-state index < -0.39 is 0 Å². The summed E-state index contributed by atoms with van der Waals surface area (Å²) in [4.78, 5) is 19.3. The number of fused-ring (bicyclic) bond motifs is 1. The molecule has 1 aromatic heterocycles. The molecule has 5 rings (SSSR count). The summed E-state index contributed by atoms with van der Waals surface area (Å²) in [7, 11) is 0. The van der Waals surface area contributed by atoms with Crippen molar-refractivity contribution in [3.63, 3.8) is 0 Å². The smallest absolute Gasteiger partial charge is 0.251 e. The molecule has 2 atom stereocenters. The third-order valence-corrected chi connectivity index (χ3v) is 6.17. The zero-order chi connectivity index (χ0) is 21.5. The van der Waals surface area contributed by atoms with E-state index in [0.29, 0.717) is 18.1 Å². The Morgan fingerprint density at radius 1 is 1.06 bits per heavy atom. The third-order valence-electron chi connectivity index (χ3n) is 6.17. The second-order valence-electron chi connectivity index (χ2n) is 8.28. The fraction of sp³-hybridized carbons (Fsp3) is 0.292. The van der Waals surface area contributed by atoms with Gasteiger partial charge in [-0.15, -0.1) is 0 Å². The largest absolute Gasteiger partial charge is 0.337 e. The van der Waals surface area contributed by atoms with E-state index in [1.165, 1.54) is 16.7 Å². The number of aromatic nitrogens is 2. The third kappa shape index (κ3) is 3.61. The molecule has 31 heavy (non-hydrogen) atoms. The lowest BCUT2D eigenvalue weighted by atomic mass is 9.97. The molecule has 1 N–H and O–H groups in total. The van der Waals surface area contributed by atoms with Crippen LogP contribution >= 0.6 is 0 Å². The number of aryl methyl sites for hydroxylation is 3. The summed E-state index contributed by atoms with van der Waals surface area (Å²) >= 11 is 0. The Morgan fingerprint density at radius 2 is 1.90 bits per heavy atom. The highest BCUT2D eigenvalue weighted by Gasteiger charge is 2.40. The Hall–Kier alpha value is -3.45. The topological polar surface area (TPSA) is 74.5 Å². The van der Waals surface area contributed by atoms with Gasteiger partial charge in [0.05, 0.1) is 6.04 Å². The molecule has 0 aliphatic carbocycles. The van der Waals surface area contributed by atoms with Gasteiger partial charge in [-0.25, -0.2) is 5.43 Å². The minimum absolute atomic E-state index is 0.0250. The highest BCUT2D eigenvalue weighted by atomic mass is 16.5. The maximum atomic E-state index is 13.1. The summed E-state index contributed by atoms with van der Waals surface area (Å²) in [6.45, 7) is 6.49. The van der Waals surface area contributed by atoms with Crippen molar-refractivity contribution >= 4 is 5.91 Å². The number of nitrogens with one attached hydrogen (secondary N) is 1. The first kappa shape index (κ1) is 19.5. The van der Waals surface area contributed by atoms with Gasteiger partial charge < -0.3 is 14.4 Å². The van der Waals surface area contributed by atoms with Crippen molar-refractivity contribution in [1.29, 1.82) is 0 Å². The Morgan fingerprint density at radius 3 is 2.71 bits per heavy atom. The highest BCUT2D eigenvalue weighted by Crippen LogP contribution is 2.32. The number of hydrazine groups is 1. The predicted molar refractivity (Wildman–Crippen MR) is 116 cm³/mol.